The summed E-state index contributed by atoms with van der Waals surface area (Å²) in [6, 6.07) is 4.99. The van der Waals surface area contributed by atoms with Gasteiger partial charge in [-0.25, -0.2) is 4.79 Å². The van der Waals surface area contributed by atoms with Crippen molar-refractivity contribution in [2.75, 3.05) is 0 Å². The molecule has 0 saturated heterocycles. The summed E-state index contributed by atoms with van der Waals surface area (Å²) < 4.78 is 34.8. The third kappa shape index (κ3) is 5.64. The van der Waals surface area contributed by atoms with Crippen molar-refractivity contribution in [3.63, 3.8) is 0 Å². The van der Waals surface area contributed by atoms with Gasteiger partial charge in [-0.15, -0.1) is 0 Å². The van der Waals surface area contributed by atoms with E-state index in [0.717, 1.165) is 18.4 Å². The Bertz CT molecular complexity index is 571. The van der Waals surface area contributed by atoms with Crippen molar-refractivity contribution >= 4 is 22.0 Å². The van der Waals surface area contributed by atoms with E-state index in [1.54, 1.807) is 17.0 Å². The van der Waals surface area contributed by atoms with Gasteiger partial charge in [0, 0.05) is 12.6 Å². The average molecular weight is 392 g/mol. The summed E-state index contributed by atoms with van der Waals surface area (Å²) in [7, 11) is 0. The van der Waals surface area contributed by atoms with Crippen molar-refractivity contribution in [1.82, 2.24) is 4.90 Å². The molecule has 1 fully saturated rings. The van der Waals surface area contributed by atoms with Crippen LogP contribution in [0.25, 0.3) is 0 Å². The number of alkyl halides is 2. The van der Waals surface area contributed by atoms with Crippen molar-refractivity contribution in [2.45, 2.75) is 58.4 Å². The van der Waals surface area contributed by atoms with E-state index < -0.39 is 12.2 Å². The second-order valence-corrected chi connectivity index (χ2v) is 7.34. The molecule has 2 rings (SSSR count). The standard InChI is InChI=1S/C16H20BrF2NO3/c1-16(2,3)23-15(21)20(11-5-6-11)9-10-4-7-13(12(17)8-10)22-14(18)19/h4,7-8,11,14H,5-6,9H2,1-3H3. The molecule has 0 N–H and O–H groups in total. The Morgan fingerprint density at radius 3 is 2.52 bits per heavy atom. The molecular formula is C16H20BrF2NO3. The highest BCUT2D eigenvalue weighted by Crippen LogP contribution is 2.32. The maximum Gasteiger partial charge on any atom is 0.410 e. The lowest BCUT2D eigenvalue weighted by Crippen LogP contribution is -2.37. The zero-order chi connectivity index (χ0) is 17.2. The van der Waals surface area contributed by atoms with Gasteiger partial charge >= 0.3 is 12.7 Å². The van der Waals surface area contributed by atoms with Gasteiger partial charge in [-0.3, -0.25) is 0 Å². The molecule has 1 saturated carbocycles. The minimum Gasteiger partial charge on any atom is -0.444 e. The van der Waals surface area contributed by atoms with Crippen molar-refractivity contribution in [3.05, 3.63) is 28.2 Å². The van der Waals surface area contributed by atoms with Crippen LogP contribution in [0.5, 0.6) is 5.75 Å². The van der Waals surface area contributed by atoms with E-state index in [-0.39, 0.29) is 17.9 Å². The van der Waals surface area contributed by atoms with Crippen LogP contribution in [0.15, 0.2) is 22.7 Å². The molecule has 0 bridgehead atoms. The number of ether oxygens (including phenoxy) is 2. The molecule has 7 heteroatoms. The Morgan fingerprint density at radius 2 is 2.04 bits per heavy atom. The van der Waals surface area contributed by atoms with Crippen LogP contribution in [0.1, 0.15) is 39.2 Å². The molecule has 1 aromatic rings. The van der Waals surface area contributed by atoms with Crippen molar-refractivity contribution in [1.29, 1.82) is 0 Å². The van der Waals surface area contributed by atoms with Gasteiger partial charge in [-0.05, 0) is 67.2 Å². The number of carbonyl (C=O) groups is 1. The van der Waals surface area contributed by atoms with Gasteiger partial charge in [0.2, 0.25) is 0 Å². The second-order valence-electron chi connectivity index (χ2n) is 6.48. The zero-order valence-corrected chi connectivity index (χ0v) is 14.9. The van der Waals surface area contributed by atoms with Gasteiger partial charge in [0.05, 0.1) is 4.47 Å². The SMILES string of the molecule is CC(C)(C)OC(=O)N(Cc1ccc(OC(F)F)c(Br)c1)C1CC1. The van der Waals surface area contributed by atoms with E-state index in [1.165, 1.54) is 6.07 Å². The highest BCUT2D eigenvalue weighted by atomic mass is 79.9. The molecule has 1 amide bonds. The van der Waals surface area contributed by atoms with E-state index in [4.69, 9.17) is 4.74 Å². The molecule has 0 aromatic heterocycles. The molecule has 1 aromatic carbocycles. The van der Waals surface area contributed by atoms with Crippen LogP contribution in [-0.4, -0.2) is 29.2 Å². The topological polar surface area (TPSA) is 38.8 Å². The Kier molecular flexibility index (Phi) is 5.49. The zero-order valence-electron chi connectivity index (χ0n) is 13.3. The maximum atomic E-state index is 12.3. The van der Waals surface area contributed by atoms with Crippen molar-refractivity contribution in [3.8, 4) is 5.75 Å². The van der Waals surface area contributed by atoms with Gasteiger partial charge in [-0.2, -0.15) is 8.78 Å². The first-order valence-electron chi connectivity index (χ1n) is 7.38. The quantitative estimate of drug-likeness (QED) is 0.712. The molecule has 0 heterocycles. The maximum absolute atomic E-state index is 12.3. The van der Waals surface area contributed by atoms with Crippen LogP contribution < -0.4 is 4.74 Å². The molecule has 128 valence electrons. The lowest BCUT2D eigenvalue weighted by Gasteiger charge is -2.27. The highest BCUT2D eigenvalue weighted by molar-refractivity contribution is 9.10. The van der Waals surface area contributed by atoms with E-state index >= 15 is 0 Å². The monoisotopic (exact) mass is 391 g/mol. The lowest BCUT2D eigenvalue weighted by atomic mass is 10.2. The number of hydrogen-bond donors (Lipinski definition) is 0. The third-order valence-electron chi connectivity index (χ3n) is 3.18. The molecule has 4 nitrogen and oxygen atoms in total. The van der Waals surface area contributed by atoms with Crippen LogP contribution in [0.4, 0.5) is 13.6 Å². The first kappa shape index (κ1) is 18.0. The fraction of sp³-hybridized carbons (Fsp3) is 0.562. The Labute approximate surface area is 142 Å². The normalized spacial score (nSPS) is 14.7. The smallest absolute Gasteiger partial charge is 0.410 e. The summed E-state index contributed by atoms with van der Waals surface area (Å²) >= 11 is 3.21. The number of rotatable bonds is 5. The minimum atomic E-state index is -2.87. The summed E-state index contributed by atoms with van der Waals surface area (Å²) in [5.41, 5.74) is 0.260. The molecule has 0 atom stereocenters. The molecule has 0 aliphatic heterocycles. The van der Waals surface area contributed by atoms with Crippen molar-refractivity contribution < 1.29 is 23.0 Å². The average Bonchev–Trinajstić information content (AvgIpc) is 3.20. The fourth-order valence-corrected chi connectivity index (χ4v) is 2.60. The molecule has 1 aliphatic rings. The van der Waals surface area contributed by atoms with Crippen LogP contribution >= 0.6 is 15.9 Å². The van der Waals surface area contributed by atoms with Crippen LogP contribution in [-0.2, 0) is 11.3 Å². The van der Waals surface area contributed by atoms with E-state index in [9.17, 15) is 13.6 Å². The summed E-state index contributed by atoms with van der Waals surface area (Å²) in [6.45, 7) is 2.96. The molecule has 0 spiro atoms. The second kappa shape index (κ2) is 7.03. The predicted molar refractivity (Wildman–Crippen MR) is 85.6 cm³/mol. The number of hydrogen-bond acceptors (Lipinski definition) is 3. The first-order chi connectivity index (χ1) is 10.7. The fourth-order valence-electron chi connectivity index (χ4n) is 2.08. The van der Waals surface area contributed by atoms with Gasteiger partial charge < -0.3 is 14.4 Å². The van der Waals surface area contributed by atoms with Gasteiger partial charge in [0.25, 0.3) is 0 Å². The summed E-state index contributed by atoms with van der Waals surface area (Å²) in [4.78, 5) is 14.0. The predicted octanol–water partition coefficient (Wildman–Crippen LogP) is 4.95. The minimum absolute atomic E-state index is 0.0685. The Balaban J connectivity index is 2.08. The lowest BCUT2D eigenvalue weighted by molar-refractivity contribution is -0.0503. The van der Waals surface area contributed by atoms with Crippen LogP contribution in [0.2, 0.25) is 0 Å². The molecule has 23 heavy (non-hydrogen) atoms. The Hall–Kier alpha value is -1.37. The molecule has 0 unspecified atom stereocenters. The summed E-state index contributed by atoms with van der Waals surface area (Å²) in [6.07, 6.45) is 1.55. The highest BCUT2D eigenvalue weighted by Gasteiger charge is 2.35. The molecule has 0 radical (unpaired) electrons. The number of amides is 1. The van der Waals surface area contributed by atoms with Crippen molar-refractivity contribution in [2.24, 2.45) is 0 Å². The summed E-state index contributed by atoms with van der Waals surface area (Å²) in [5, 5.41) is 0. The van der Waals surface area contributed by atoms with E-state index in [1.807, 2.05) is 20.8 Å². The van der Waals surface area contributed by atoms with Gasteiger partial charge in [0.1, 0.15) is 11.4 Å². The van der Waals surface area contributed by atoms with Crippen LogP contribution in [0.3, 0.4) is 0 Å². The Morgan fingerprint density at radius 1 is 1.39 bits per heavy atom. The molecular weight excluding hydrogens is 372 g/mol. The van der Waals surface area contributed by atoms with Crippen LogP contribution in [0, 0.1) is 0 Å². The number of carbonyl (C=O) groups excluding carboxylic acids is 1. The first-order valence-corrected chi connectivity index (χ1v) is 8.18. The van der Waals surface area contributed by atoms with E-state index in [2.05, 4.69) is 20.7 Å². The summed E-state index contributed by atoms with van der Waals surface area (Å²) in [5.74, 6) is 0.0685. The number of nitrogens with zero attached hydrogens (tertiary/aromatic N) is 1. The third-order valence-corrected chi connectivity index (χ3v) is 3.80. The molecule has 1 aliphatic carbocycles. The van der Waals surface area contributed by atoms with Gasteiger partial charge in [0.15, 0.2) is 0 Å². The van der Waals surface area contributed by atoms with E-state index in [0.29, 0.717) is 11.0 Å². The number of halogens is 3. The van der Waals surface area contributed by atoms with Gasteiger partial charge in [-0.1, -0.05) is 6.07 Å². The number of benzene rings is 1. The largest absolute Gasteiger partial charge is 0.444 e.